The lowest BCUT2D eigenvalue weighted by Crippen LogP contribution is -2.38. The van der Waals surface area contributed by atoms with Gasteiger partial charge >= 0.3 is 11.7 Å². The molecule has 2 amide bonds. The SMILES string of the molecule is Cn1c(-c2cccnc2)nn(CCNC(=O)NCc2cccc3ccccc23)c1=O. The predicted octanol–water partition coefficient (Wildman–Crippen LogP) is 2.30. The Morgan fingerprint density at radius 3 is 2.70 bits per heavy atom. The number of fused-ring (bicyclic) bond motifs is 1. The number of nitrogens with zero attached hydrogens (tertiary/aromatic N) is 4. The summed E-state index contributed by atoms with van der Waals surface area (Å²) in [7, 11) is 1.67. The fourth-order valence-electron chi connectivity index (χ4n) is 3.34. The molecular formula is C22H22N6O2. The van der Waals surface area contributed by atoms with Gasteiger partial charge in [0.25, 0.3) is 0 Å². The molecule has 0 saturated carbocycles. The number of carbonyl (C=O) groups is 1. The van der Waals surface area contributed by atoms with Gasteiger partial charge in [-0.15, -0.1) is 5.10 Å². The first-order valence-electron chi connectivity index (χ1n) is 9.66. The van der Waals surface area contributed by atoms with E-state index in [0.29, 0.717) is 12.4 Å². The molecule has 8 nitrogen and oxygen atoms in total. The molecule has 152 valence electrons. The molecule has 0 bridgehead atoms. The Morgan fingerprint density at radius 2 is 1.87 bits per heavy atom. The molecule has 0 saturated heterocycles. The van der Waals surface area contributed by atoms with Crippen LogP contribution in [0.25, 0.3) is 22.2 Å². The first-order chi connectivity index (χ1) is 14.6. The van der Waals surface area contributed by atoms with Crippen molar-refractivity contribution in [1.29, 1.82) is 0 Å². The van der Waals surface area contributed by atoms with E-state index in [9.17, 15) is 9.59 Å². The number of aromatic nitrogens is 4. The van der Waals surface area contributed by atoms with Crippen LogP contribution < -0.4 is 16.3 Å². The third kappa shape index (κ3) is 4.07. The molecule has 30 heavy (non-hydrogen) atoms. The van der Waals surface area contributed by atoms with Crippen LogP contribution in [0.5, 0.6) is 0 Å². The average Bonchev–Trinajstić information content (AvgIpc) is 3.07. The molecule has 4 rings (SSSR count). The third-order valence-electron chi connectivity index (χ3n) is 4.89. The number of urea groups is 1. The molecule has 0 spiro atoms. The number of hydrogen-bond donors (Lipinski definition) is 2. The Hall–Kier alpha value is -3.94. The minimum atomic E-state index is -0.292. The molecule has 2 N–H and O–H groups in total. The Labute approximate surface area is 173 Å². The zero-order chi connectivity index (χ0) is 20.9. The molecule has 4 aromatic rings. The molecule has 0 aliphatic carbocycles. The molecule has 0 aliphatic rings. The predicted molar refractivity (Wildman–Crippen MR) is 115 cm³/mol. The van der Waals surface area contributed by atoms with Crippen LogP contribution >= 0.6 is 0 Å². The molecule has 0 unspecified atom stereocenters. The summed E-state index contributed by atoms with van der Waals surface area (Å²) in [5.41, 5.74) is 1.56. The van der Waals surface area contributed by atoms with Gasteiger partial charge in [-0.25, -0.2) is 14.3 Å². The van der Waals surface area contributed by atoms with E-state index in [4.69, 9.17) is 0 Å². The van der Waals surface area contributed by atoms with Crippen LogP contribution in [0.15, 0.2) is 71.8 Å². The highest BCUT2D eigenvalue weighted by molar-refractivity contribution is 5.86. The standard InChI is InChI=1S/C22H22N6O2/c1-27-20(18-9-5-11-23-14-18)26-28(22(27)30)13-12-24-21(29)25-15-17-8-4-7-16-6-2-3-10-19(16)17/h2-11,14H,12-13,15H2,1H3,(H2,24,25,29). The number of nitrogens with one attached hydrogen (secondary N) is 2. The van der Waals surface area contributed by atoms with Crippen LogP contribution in [0, 0.1) is 0 Å². The minimum absolute atomic E-state index is 0.244. The smallest absolute Gasteiger partial charge is 0.336 e. The second-order valence-corrected chi connectivity index (χ2v) is 6.88. The van der Waals surface area contributed by atoms with Gasteiger partial charge in [0.2, 0.25) is 0 Å². The van der Waals surface area contributed by atoms with Gasteiger partial charge in [0.1, 0.15) is 0 Å². The van der Waals surface area contributed by atoms with Crippen molar-refractivity contribution in [1.82, 2.24) is 30.0 Å². The number of pyridine rings is 1. The molecule has 0 atom stereocenters. The van der Waals surface area contributed by atoms with Crippen molar-refractivity contribution in [2.24, 2.45) is 7.05 Å². The van der Waals surface area contributed by atoms with E-state index in [1.165, 1.54) is 9.25 Å². The third-order valence-corrected chi connectivity index (χ3v) is 4.89. The van der Waals surface area contributed by atoms with E-state index in [0.717, 1.165) is 21.9 Å². The highest BCUT2D eigenvalue weighted by Gasteiger charge is 2.12. The van der Waals surface area contributed by atoms with Gasteiger partial charge in [0.15, 0.2) is 5.82 Å². The van der Waals surface area contributed by atoms with Crippen molar-refractivity contribution in [2.75, 3.05) is 6.54 Å². The monoisotopic (exact) mass is 402 g/mol. The van der Waals surface area contributed by atoms with Gasteiger partial charge in [-0.1, -0.05) is 42.5 Å². The van der Waals surface area contributed by atoms with Gasteiger partial charge in [0, 0.05) is 38.1 Å². The van der Waals surface area contributed by atoms with Crippen LogP contribution in [-0.2, 0) is 20.1 Å². The van der Waals surface area contributed by atoms with Crippen molar-refractivity contribution in [3.8, 4) is 11.4 Å². The number of hydrogen-bond acceptors (Lipinski definition) is 4. The highest BCUT2D eigenvalue weighted by Crippen LogP contribution is 2.18. The summed E-state index contributed by atoms with van der Waals surface area (Å²) in [6, 6.07) is 17.4. The fourth-order valence-corrected chi connectivity index (χ4v) is 3.34. The van der Waals surface area contributed by atoms with Gasteiger partial charge in [-0.05, 0) is 28.5 Å². The van der Waals surface area contributed by atoms with Gasteiger partial charge in [-0.3, -0.25) is 9.55 Å². The lowest BCUT2D eigenvalue weighted by atomic mass is 10.0. The molecule has 8 heteroatoms. The summed E-state index contributed by atoms with van der Waals surface area (Å²) < 4.78 is 2.81. The summed E-state index contributed by atoms with van der Waals surface area (Å²) in [6.07, 6.45) is 3.32. The Morgan fingerprint density at radius 1 is 1.03 bits per heavy atom. The van der Waals surface area contributed by atoms with E-state index in [1.807, 2.05) is 48.5 Å². The largest absolute Gasteiger partial charge is 0.345 e. The van der Waals surface area contributed by atoms with Gasteiger partial charge < -0.3 is 10.6 Å². The maximum atomic E-state index is 12.4. The number of amides is 2. The zero-order valence-electron chi connectivity index (χ0n) is 16.6. The second kappa shape index (κ2) is 8.60. The summed E-state index contributed by atoms with van der Waals surface area (Å²) in [4.78, 5) is 28.6. The van der Waals surface area contributed by atoms with Crippen LogP contribution in [-0.4, -0.2) is 31.9 Å². The van der Waals surface area contributed by atoms with E-state index >= 15 is 0 Å². The van der Waals surface area contributed by atoms with Crippen molar-refractivity contribution in [3.63, 3.8) is 0 Å². The quantitative estimate of drug-likeness (QED) is 0.517. The molecule has 2 heterocycles. The van der Waals surface area contributed by atoms with Crippen LogP contribution in [0.4, 0.5) is 4.79 Å². The normalized spacial score (nSPS) is 10.8. The minimum Gasteiger partial charge on any atom is -0.336 e. The van der Waals surface area contributed by atoms with Gasteiger partial charge in [-0.2, -0.15) is 0 Å². The topological polar surface area (TPSA) is 93.8 Å². The Balaban J connectivity index is 1.33. The van der Waals surface area contributed by atoms with E-state index < -0.39 is 0 Å². The summed E-state index contributed by atoms with van der Waals surface area (Å²) in [5.74, 6) is 0.536. The number of rotatable bonds is 6. The van der Waals surface area contributed by atoms with Crippen molar-refractivity contribution in [2.45, 2.75) is 13.1 Å². The molecule has 0 aliphatic heterocycles. The number of carbonyl (C=O) groups excluding carboxylic acids is 1. The summed E-state index contributed by atoms with van der Waals surface area (Å²) in [5, 5.41) is 12.2. The van der Waals surface area contributed by atoms with E-state index in [2.05, 4.69) is 20.7 Å². The molecular weight excluding hydrogens is 380 g/mol. The second-order valence-electron chi connectivity index (χ2n) is 6.88. The summed E-state index contributed by atoms with van der Waals surface area (Å²) in [6.45, 7) is 0.973. The fraction of sp³-hybridized carbons (Fsp3) is 0.182. The molecule has 2 aromatic carbocycles. The van der Waals surface area contributed by atoms with Crippen molar-refractivity contribution in [3.05, 3.63) is 83.0 Å². The highest BCUT2D eigenvalue weighted by atomic mass is 16.2. The lowest BCUT2D eigenvalue weighted by Gasteiger charge is -2.09. The first-order valence-corrected chi connectivity index (χ1v) is 9.66. The Kier molecular flexibility index (Phi) is 5.56. The van der Waals surface area contributed by atoms with Crippen molar-refractivity contribution < 1.29 is 4.79 Å². The lowest BCUT2D eigenvalue weighted by molar-refractivity contribution is 0.240. The van der Waals surface area contributed by atoms with E-state index in [1.54, 1.807) is 25.5 Å². The van der Waals surface area contributed by atoms with Crippen LogP contribution in [0.1, 0.15) is 5.56 Å². The maximum absolute atomic E-state index is 12.4. The molecule has 0 fully saturated rings. The summed E-state index contributed by atoms with van der Waals surface area (Å²) >= 11 is 0. The Bertz CT molecular complexity index is 1220. The molecule has 2 aromatic heterocycles. The average molecular weight is 402 g/mol. The number of benzene rings is 2. The molecule has 0 radical (unpaired) electrons. The van der Waals surface area contributed by atoms with Gasteiger partial charge in [0.05, 0.1) is 6.54 Å². The van der Waals surface area contributed by atoms with Crippen molar-refractivity contribution >= 4 is 16.8 Å². The first kappa shape index (κ1) is 19.4. The van der Waals surface area contributed by atoms with Crippen LogP contribution in [0.2, 0.25) is 0 Å². The zero-order valence-corrected chi connectivity index (χ0v) is 16.6. The van der Waals surface area contributed by atoms with Crippen LogP contribution in [0.3, 0.4) is 0 Å². The maximum Gasteiger partial charge on any atom is 0.345 e. The van der Waals surface area contributed by atoms with E-state index in [-0.39, 0.29) is 24.8 Å².